The number of carbonyl (C=O) groups excluding carboxylic acids is 1. The molecule has 7 heteroatoms. The van der Waals surface area contributed by atoms with E-state index in [9.17, 15) is 9.90 Å². The number of hydrogen-bond acceptors (Lipinski definition) is 5. The zero-order valence-corrected chi connectivity index (χ0v) is 17.4. The summed E-state index contributed by atoms with van der Waals surface area (Å²) in [6.07, 6.45) is 4.22. The third-order valence-corrected chi connectivity index (χ3v) is 5.77. The van der Waals surface area contributed by atoms with Gasteiger partial charge in [0.15, 0.2) is 0 Å². The predicted molar refractivity (Wildman–Crippen MR) is 117 cm³/mol. The van der Waals surface area contributed by atoms with E-state index in [0.29, 0.717) is 25.8 Å². The molecule has 0 aliphatic carbocycles. The first-order valence-electron chi connectivity index (χ1n) is 10.7. The van der Waals surface area contributed by atoms with E-state index in [0.717, 1.165) is 42.2 Å². The Morgan fingerprint density at radius 3 is 2.87 bits per heavy atom. The highest BCUT2D eigenvalue weighted by Crippen LogP contribution is 2.24. The maximum absolute atomic E-state index is 12.5. The van der Waals surface area contributed by atoms with Crippen LogP contribution in [-0.2, 0) is 17.8 Å². The fraction of sp³-hybridized carbons (Fsp3) is 0.435. The van der Waals surface area contributed by atoms with E-state index < -0.39 is 5.60 Å². The molecule has 0 radical (unpaired) electrons. The number of hydrogen-bond donors (Lipinski definition) is 2. The highest BCUT2D eigenvalue weighted by atomic mass is 16.3. The van der Waals surface area contributed by atoms with Gasteiger partial charge in [0.2, 0.25) is 5.91 Å². The number of rotatable bonds is 7. The van der Waals surface area contributed by atoms with Crippen LogP contribution in [0.2, 0.25) is 0 Å². The molecule has 30 heavy (non-hydrogen) atoms. The van der Waals surface area contributed by atoms with E-state index in [4.69, 9.17) is 0 Å². The van der Waals surface area contributed by atoms with Gasteiger partial charge in [0.1, 0.15) is 11.6 Å². The molecule has 3 heterocycles. The predicted octanol–water partition coefficient (Wildman–Crippen LogP) is 2.53. The normalized spacial score (nSPS) is 19.2. The first-order chi connectivity index (χ1) is 14.6. The third-order valence-electron chi connectivity index (χ3n) is 5.77. The Labute approximate surface area is 176 Å². The van der Waals surface area contributed by atoms with Gasteiger partial charge in [-0.05, 0) is 44.0 Å². The number of nitrogens with zero attached hydrogens (tertiary/aromatic N) is 4. The number of fused-ring (bicyclic) bond motifs is 1. The van der Waals surface area contributed by atoms with Crippen LogP contribution in [-0.4, -0.2) is 50.8 Å². The van der Waals surface area contributed by atoms with Crippen molar-refractivity contribution >= 4 is 22.8 Å². The van der Waals surface area contributed by atoms with Gasteiger partial charge >= 0.3 is 0 Å². The molecule has 0 saturated carbocycles. The van der Waals surface area contributed by atoms with Gasteiger partial charge in [0, 0.05) is 45.2 Å². The number of piperidine rings is 1. The highest BCUT2D eigenvalue weighted by Gasteiger charge is 2.34. The quantitative estimate of drug-likeness (QED) is 0.629. The molecule has 158 valence electrons. The van der Waals surface area contributed by atoms with Crippen LogP contribution in [0.3, 0.4) is 0 Å². The molecule has 1 aromatic carbocycles. The minimum Gasteiger partial charge on any atom is -0.386 e. The van der Waals surface area contributed by atoms with Crippen molar-refractivity contribution in [3.63, 3.8) is 0 Å². The molecule has 3 aromatic rings. The van der Waals surface area contributed by atoms with E-state index in [1.54, 1.807) is 6.20 Å². The van der Waals surface area contributed by atoms with E-state index in [1.807, 2.05) is 36.4 Å². The van der Waals surface area contributed by atoms with E-state index in [-0.39, 0.29) is 12.5 Å². The number of carbonyl (C=O) groups is 1. The van der Waals surface area contributed by atoms with Crippen molar-refractivity contribution in [3.8, 4) is 0 Å². The van der Waals surface area contributed by atoms with Crippen molar-refractivity contribution in [2.24, 2.45) is 0 Å². The molecule has 1 aliphatic heterocycles. The molecule has 2 aromatic heterocycles. The van der Waals surface area contributed by atoms with Crippen molar-refractivity contribution in [1.29, 1.82) is 0 Å². The first kappa shape index (κ1) is 20.3. The number of aliphatic hydroxyl groups is 1. The lowest BCUT2D eigenvalue weighted by Crippen LogP contribution is -2.54. The summed E-state index contributed by atoms with van der Waals surface area (Å²) in [6, 6.07) is 13.8. The average Bonchev–Trinajstić information content (AvgIpc) is 3.14. The number of benzene rings is 1. The van der Waals surface area contributed by atoms with Gasteiger partial charge in [-0.1, -0.05) is 18.2 Å². The largest absolute Gasteiger partial charge is 0.386 e. The Morgan fingerprint density at radius 1 is 1.23 bits per heavy atom. The average molecular weight is 408 g/mol. The summed E-state index contributed by atoms with van der Waals surface area (Å²) in [5, 5.41) is 13.9. The van der Waals surface area contributed by atoms with E-state index in [2.05, 4.69) is 37.7 Å². The van der Waals surface area contributed by atoms with Gasteiger partial charge in [-0.2, -0.15) is 0 Å². The summed E-state index contributed by atoms with van der Waals surface area (Å²) in [5.41, 5.74) is 1.12. The van der Waals surface area contributed by atoms with Crippen LogP contribution in [0.5, 0.6) is 0 Å². The molecule has 0 spiro atoms. The van der Waals surface area contributed by atoms with Crippen molar-refractivity contribution in [1.82, 2.24) is 19.9 Å². The molecular weight excluding hydrogens is 378 g/mol. The van der Waals surface area contributed by atoms with Gasteiger partial charge in [-0.25, -0.2) is 9.97 Å². The number of pyridine rings is 1. The van der Waals surface area contributed by atoms with Crippen LogP contribution in [0.1, 0.15) is 32.0 Å². The molecule has 1 fully saturated rings. The minimum atomic E-state index is -0.942. The van der Waals surface area contributed by atoms with Gasteiger partial charge in [0.05, 0.1) is 16.6 Å². The molecule has 1 atom stereocenters. The van der Waals surface area contributed by atoms with Gasteiger partial charge in [-0.3, -0.25) is 4.79 Å². The van der Waals surface area contributed by atoms with Crippen LogP contribution < -0.4 is 10.2 Å². The number of amides is 1. The molecule has 7 nitrogen and oxygen atoms in total. The number of anilines is 1. The molecule has 1 amide bonds. The smallest absolute Gasteiger partial charge is 0.220 e. The maximum atomic E-state index is 12.5. The zero-order valence-electron chi connectivity index (χ0n) is 17.4. The van der Waals surface area contributed by atoms with Crippen LogP contribution in [0.4, 0.5) is 5.82 Å². The minimum absolute atomic E-state index is 0.0620. The maximum Gasteiger partial charge on any atom is 0.220 e. The van der Waals surface area contributed by atoms with Gasteiger partial charge < -0.3 is 19.9 Å². The van der Waals surface area contributed by atoms with Crippen LogP contribution in [0.25, 0.3) is 11.0 Å². The summed E-state index contributed by atoms with van der Waals surface area (Å²) in [4.78, 5) is 23.6. The summed E-state index contributed by atoms with van der Waals surface area (Å²) < 4.78 is 2.15. The fourth-order valence-corrected chi connectivity index (χ4v) is 4.24. The second kappa shape index (κ2) is 8.83. The summed E-state index contributed by atoms with van der Waals surface area (Å²) in [7, 11) is 0. The molecule has 1 saturated heterocycles. The summed E-state index contributed by atoms with van der Waals surface area (Å²) in [6.45, 7) is 4.49. The first-order valence-corrected chi connectivity index (χ1v) is 10.7. The number of β-amino-alcohol motifs (C(OH)–C–C–N with tert-alkyl or cyclic N) is 1. The van der Waals surface area contributed by atoms with Crippen LogP contribution in [0.15, 0.2) is 48.7 Å². The molecule has 2 N–H and O–H groups in total. The van der Waals surface area contributed by atoms with Crippen molar-refractivity contribution in [2.45, 2.75) is 44.8 Å². The second-order valence-corrected chi connectivity index (χ2v) is 7.98. The second-order valence-electron chi connectivity index (χ2n) is 7.98. The van der Waals surface area contributed by atoms with Crippen LogP contribution >= 0.6 is 0 Å². The monoisotopic (exact) mass is 407 g/mol. The Kier molecular flexibility index (Phi) is 5.99. The zero-order chi connectivity index (χ0) is 21.0. The lowest BCUT2D eigenvalue weighted by Gasteiger charge is -2.39. The third kappa shape index (κ3) is 4.46. The fourth-order valence-electron chi connectivity index (χ4n) is 4.24. The number of aromatic nitrogens is 3. The Morgan fingerprint density at radius 2 is 2.07 bits per heavy atom. The van der Waals surface area contributed by atoms with Crippen molar-refractivity contribution in [3.05, 3.63) is 54.5 Å². The van der Waals surface area contributed by atoms with Crippen molar-refractivity contribution < 1.29 is 9.90 Å². The molecule has 1 aliphatic rings. The highest BCUT2D eigenvalue weighted by molar-refractivity contribution is 5.77. The lowest BCUT2D eigenvalue weighted by molar-refractivity contribution is -0.122. The Balaban J connectivity index is 1.32. The molecule has 4 rings (SSSR count). The van der Waals surface area contributed by atoms with Gasteiger partial charge in [0.25, 0.3) is 0 Å². The summed E-state index contributed by atoms with van der Waals surface area (Å²) >= 11 is 0. The number of imidazole rings is 1. The van der Waals surface area contributed by atoms with E-state index in [1.165, 1.54) is 0 Å². The molecule has 1 unspecified atom stereocenters. The summed E-state index contributed by atoms with van der Waals surface area (Å²) in [5.74, 6) is 1.72. The van der Waals surface area contributed by atoms with Gasteiger partial charge in [-0.15, -0.1) is 0 Å². The molecular formula is C23H29N5O2. The van der Waals surface area contributed by atoms with Crippen LogP contribution in [0, 0.1) is 0 Å². The molecule has 0 bridgehead atoms. The number of aryl methyl sites for hydroxylation is 2. The lowest BCUT2D eigenvalue weighted by atomic mass is 9.92. The Hall–Kier alpha value is -2.93. The topological polar surface area (TPSA) is 83.3 Å². The standard InChI is InChI=1S/C23H29N5O2/c1-2-28-19-9-4-3-8-18(19)26-21(28)11-12-22(29)25-16-23(30)13-7-15-27(17-23)20-10-5-6-14-24-20/h3-6,8-10,14,30H,2,7,11-13,15-17H2,1H3,(H,25,29). The Bertz CT molecular complexity index is 1000. The van der Waals surface area contributed by atoms with E-state index >= 15 is 0 Å². The van der Waals surface area contributed by atoms with Crippen molar-refractivity contribution in [2.75, 3.05) is 24.5 Å². The number of para-hydroxylation sites is 2. The SMILES string of the molecule is CCn1c(CCC(=O)NCC2(O)CCCN(c3ccccn3)C2)nc2ccccc21. The number of nitrogens with one attached hydrogen (secondary N) is 1.